The molecule has 2 aromatic heterocycles. The van der Waals surface area contributed by atoms with E-state index in [1.54, 1.807) is 34.9 Å². The maximum atomic E-state index is 12.1. The second-order valence-electron chi connectivity index (χ2n) is 5.14. The number of carbonyl (C=O) groups is 1. The number of rotatable bonds is 7. The zero-order valence-corrected chi connectivity index (χ0v) is 17.2. The van der Waals surface area contributed by atoms with Crippen LogP contribution in [0.15, 0.2) is 39.3 Å². The Morgan fingerprint density at radius 3 is 2.92 bits per heavy atom. The quantitative estimate of drug-likeness (QED) is 0.491. The monoisotopic (exact) mass is 426 g/mol. The lowest BCUT2D eigenvalue weighted by Crippen LogP contribution is -2.22. The van der Waals surface area contributed by atoms with E-state index in [0.717, 1.165) is 5.69 Å². The molecule has 0 spiro atoms. The standard InChI is InChI=1S/C16H15ClN4O2S3/c1-10(22)21(13-5-3-4-11(17)6-13)15-18-12(7-25-15)8-26-16-20-19-14(23-16)9-24-2/h3-7H,8-9H2,1-2H3. The summed E-state index contributed by atoms with van der Waals surface area (Å²) >= 11 is 10.5. The Balaban J connectivity index is 1.71. The van der Waals surface area contributed by atoms with Crippen LogP contribution in [0.3, 0.4) is 0 Å². The number of aromatic nitrogens is 3. The first-order valence-electron chi connectivity index (χ1n) is 7.51. The van der Waals surface area contributed by atoms with Gasteiger partial charge >= 0.3 is 0 Å². The Labute approximate surface area is 168 Å². The first-order valence-corrected chi connectivity index (χ1v) is 11.2. The number of halogens is 1. The molecule has 1 amide bonds. The van der Waals surface area contributed by atoms with Crippen LogP contribution in [-0.4, -0.2) is 27.3 Å². The van der Waals surface area contributed by atoms with Gasteiger partial charge in [0.05, 0.1) is 17.1 Å². The summed E-state index contributed by atoms with van der Waals surface area (Å²) in [5, 5.41) is 11.6. The number of thiazole rings is 1. The van der Waals surface area contributed by atoms with Gasteiger partial charge in [0, 0.05) is 23.1 Å². The fraction of sp³-hybridized carbons (Fsp3) is 0.250. The van der Waals surface area contributed by atoms with Gasteiger partial charge in [-0.1, -0.05) is 29.4 Å². The maximum absolute atomic E-state index is 12.1. The van der Waals surface area contributed by atoms with Crippen molar-refractivity contribution in [2.75, 3.05) is 11.2 Å². The molecule has 26 heavy (non-hydrogen) atoms. The van der Waals surface area contributed by atoms with Crippen molar-refractivity contribution in [3.05, 3.63) is 46.3 Å². The van der Waals surface area contributed by atoms with Crippen LogP contribution in [-0.2, 0) is 16.3 Å². The van der Waals surface area contributed by atoms with Crippen LogP contribution in [0.1, 0.15) is 18.5 Å². The average Bonchev–Trinajstić information content (AvgIpc) is 3.23. The highest BCUT2D eigenvalue weighted by atomic mass is 35.5. The highest BCUT2D eigenvalue weighted by molar-refractivity contribution is 7.98. The first-order chi connectivity index (χ1) is 12.6. The van der Waals surface area contributed by atoms with Gasteiger partial charge in [-0.05, 0) is 24.5 Å². The summed E-state index contributed by atoms with van der Waals surface area (Å²) in [6, 6.07) is 7.14. The van der Waals surface area contributed by atoms with E-state index in [2.05, 4.69) is 15.2 Å². The van der Waals surface area contributed by atoms with Crippen molar-refractivity contribution in [1.82, 2.24) is 15.2 Å². The van der Waals surface area contributed by atoms with Gasteiger partial charge < -0.3 is 4.42 Å². The third kappa shape index (κ3) is 4.79. The predicted octanol–water partition coefficient (Wildman–Crippen LogP) is 5.02. The molecule has 0 saturated carbocycles. The SMILES string of the molecule is CSCc1nnc(SCc2csc(N(C(C)=O)c3cccc(Cl)c3)n2)o1. The normalized spacial score (nSPS) is 10.9. The van der Waals surface area contributed by atoms with Crippen LogP contribution < -0.4 is 4.90 Å². The first kappa shape index (κ1) is 19.2. The van der Waals surface area contributed by atoms with Crippen LogP contribution in [0.5, 0.6) is 0 Å². The Morgan fingerprint density at radius 1 is 1.35 bits per heavy atom. The molecule has 0 saturated heterocycles. The van der Waals surface area contributed by atoms with Crippen LogP contribution in [0.2, 0.25) is 5.02 Å². The molecule has 2 heterocycles. The Kier molecular flexibility index (Phi) is 6.58. The molecule has 0 atom stereocenters. The molecule has 0 radical (unpaired) electrons. The number of hydrogen-bond donors (Lipinski definition) is 0. The molecular weight excluding hydrogens is 412 g/mol. The molecule has 0 fully saturated rings. The molecule has 3 aromatic rings. The lowest BCUT2D eigenvalue weighted by Gasteiger charge is -2.18. The van der Waals surface area contributed by atoms with Gasteiger partial charge in [0.25, 0.3) is 5.22 Å². The number of hydrogen-bond acceptors (Lipinski definition) is 8. The third-order valence-electron chi connectivity index (χ3n) is 3.17. The van der Waals surface area contributed by atoms with E-state index in [1.165, 1.54) is 30.0 Å². The average molecular weight is 427 g/mol. The number of benzene rings is 1. The van der Waals surface area contributed by atoms with Gasteiger partial charge in [-0.15, -0.1) is 21.5 Å². The van der Waals surface area contributed by atoms with Gasteiger partial charge in [-0.2, -0.15) is 11.8 Å². The fourth-order valence-electron chi connectivity index (χ4n) is 2.12. The van der Waals surface area contributed by atoms with Crippen LogP contribution in [0.25, 0.3) is 0 Å². The van der Waals surface area contributed by atoms with Crippen LogP contribution in [0, 0.1) is 0 Å². The minimum Gasteiger partial charge on any atom is -0.415 e. The lowest BCUT2D eigenvalue weighted by molar-refractivity contribution is -0.115. The van der Waals surface area contributed by atoms with E-state index in [-0.39, 0.29) is 5.91 Å². The van der Waals surface area contributed by atoms with Crippen LogP contribution in [0.4, 0.5) is 10.8 Å². The van der Waals surface area contributed by atoms with Gasteiger partial charge in [0.15, 0.2) is 5.13 Å². The molecule has 0 aliphatic rings. The van der Waals surface area contributed by atoms with E-state index < -0.39 is 0 Å². The summed E-state index contributed by atoms with van der Waals surface area (Å²) in [4.78, 5) is 18.2. The molecule has 0 aliphatic heterocycles. The number of nitrogens with zero attached hydrogens (tertiary/aromatic N) is 4. The highest BCUT2D eigenvalue weighted by Gasteiger charge is 2.18. The molecule has 0 aliphatic carbocycles. The Bertz CT molecular complexity index is 899. The predicted molar refractivity (Wildman–Crippen MR) is 107 cm³/mol. The number of carbonyl (C=O) groups excluding carboxylic acids is 1. The second-order valence-corrected chi connectivity index (χ2v) is 8.20. The number of amides is 1. The van der Waals surface area contributed by atoms with Gasteiger partial charge in [0.2, 0.25) is 11.8 Å². The summed E-state index contributed by atoms with van der Waals surface area (Å²) in [6.45, 7) is 1.50. The molecule has 1 aromatic carbocycles. The molecule has 0 unspecified atom stereocenters. The fourth-order valence-corrected chi connectivity index (χ4v) is 4.33. The van der Waals surface area contributed by atoms with Crippen molar-refractivity contribution in [3.8, 4) is 0 Å². The van der Waals surface area contributed by atoms with Gasteiger partial charge in [-0.25, -0.2) is 4.98 Å². The Hall–Kier alpha value is -1.55. The second kappa shape index (κ2) is 8.90. The van der Waals surface area contributed by atoms with Crippen molar-refractivity contribution in [2.45, 2.75) is 23.7 Å². The van der Waals surface area contributed by atoms with Crippen molar-refractivity contribution < 1.29 is 9.21 Å². The molecule has 10 heteroatoms. The van der Waals surface area contributed by atoms with E-state index in [9.17, 15) is 4.79 Å². The summed E-state index contributed by atoms with van der Waals surface area (Å²) in [7, 11) is 0. The van der Waals surface area contributed by atoms with Crippen molar-refractivity contribution >= 4 is 63.2 Å². The maximum Gasteiger partial charge on any atom is 0.276 e. The molecule has 136 valence electrons. The molecule has 0 bridgehead atoms. The zero-order valence-electron chi connectivity index (χ0n) is 14.0. The largest absolute Gasteiger partial charge is 0.415 e. The topological polar surface area (TPSA) is 72.1 Å². The minimum atomic E-state index is -0.126. The van der Waals surface area contributed by atoms with Gasteiger partial charge in [0.1, 0.15) is 0 Å². The summed E-state index contributed by atoms with van der Waals surface area (Å²) in [6.07, 6.45) is 1.98. The van der Waals surface area contributed by atoms with Crippen molar-refractivity contribution in [1.29, 1.82) is 0 Å². The smallest absolute Gasteiger partial charge is 0.276 e. The molecule has 0 N–H and O–H groups in total. The highest BCUT2D eigenvalue weighted by Crippen LogP contribution is 2.32. The zero-order chi connectivity index (χ0) is 18.5. The molecule has 3 rings (SSSR count). The van der Waals surface area contributed by atoms with Crippen molar-refractivity contribution in [3.63, 3.8) is 0 Å². The minimum absolute atomic E-state index is 0.126. The summed E-state index contributed by atoms with van der Waals surface area (Å²) in [5.41, 5.74) is 1.53. The number of thioether (sulfide) groups is 2. The van der Waals surface area contributed by atoms with Crippen LogP contribution >= 0.6 is 46.5 Å². The van der Waals surface area contributed by atoms with E-state index in [0.29, 0.717) is 38.5 Å². The van der Waals surface area contributed by atoms with Crippen molar-refractivity contribution in [2.24, 2.45) is 0 Å². The molecular formula is C16H15ClN4O2S3. The van der Waals surface area contributed by atoms with E-state index in [1.807, 2.05) is 17.7 Å². The summed E-state index contributed by atoms with van der Waals surface area (Å²) in [5.74, 6) is 1.77. The van der Waals surface area contributed by atoms with E-state index >= 15 is 0 Å². The number of anilines is 2. The Morgan fingerprint density at radius 2 is 2.19 bits per heavy atom. The summed E-state index contributed by atoms with van der Waals surface area (Å²) < 4.78 is 5.54. The lowest BCUT2D eigenvalue weighted by atomic mass is 10.3. The third-order valence-corrected chi connectivity index (χ3v) is 5.67. The molecule has 6 nitrogen and oxygen atoms in total. The van der Waals surface area contributed by atoms with E-state index in [4.69, 9.17) is 16.0 Å². The van der Waals surface area contributed by atoms with Gasteiger partial charge in [-0.3, -0.25) is 9.69 Å².